The van der Waals surface area contributed by atoms with Crippen LogP contribution in [0.4, 0.5) is 26.3 Å². The highest BCUT2D eigenvalue weighted by Crippen LogP contribution is 2.35. The second-order valence-electron chi connectivity index (χ2n) is 2.77. The molecule has 86 valence electrons. The average molecular weight is 225 g/mol. The molecule has 0 aromatic rings. The zero-order valence-electron chi connectivity index (χ0n) is 7.12. The molecule has 0 aliphatic heterocycles. The zero-order valence-corrected chi connectivity index (χ0v) is 7.12. The van der Waals surface area contributed by atoms with Crippen LogP contribution in [0.2, 0.25) is 0 Å². The molecule has 1 atom stereocenters. The van der Waals surface area contributed by atoms with Crippen molar-refractivity contribution in [1.82, 2.24) is 0 Å². The number of nitrogens with two attached hydrogens (primary N) is 1. The Morgan fingerprint density at radius 3 is 1.64 bits per heavy atom. The van der Waals surface area contributed by atoms with E-state index in [4.69, 9.17) is 5.73 Å². The lowest BCUT2D eigenvalue weighted by Gasteiger charge is -2.23. The molecule has 0 unspecified atom stereocenters. The lowest BCUT2D eigenvalue weighted by Crippen LogP contribution is -2.46. The van der Waals surface area contributed by atoms with E-state index in [9.17, 15) is 26.3 Å². The number of ether oxygens (including phenoxy) is 1. The Kier molecular flexibility index (Phi) is 4.19. The second kappa shape index (κ2) is 4.35. The van der Waals surface area contributed by atoms with Crippen molar-refractivity contribution >= 4 is 0 Å². The molecular weight excluding hydrogens is 216 g/mol. The van der Waals surface area contributed by atoms with Crippen LogP contribution in [0.15, 0.2) is 0 Å². The van der Waals surface area contributed by atoms with Gasteiger partial charge in [-0.1, -0.05) is 0 Å². The van der Waals surface area contributed by atoms with Gasteiger partial charge in [-0.3, -0.25) is 0 Å². The van der Waals surface area contributed by atoms with E-state index >= 15 is 0 Å². The summed E-state index contributed by atoms with van der Waals surface area (Å²) in [5.74, 6) is 0. The zero-order chi connectivity index (χ0) is 11.6. The molecule has 8 heteroatoms. The summed E-state index contributed by atoms with van der Waals surface area (Å²) in [6.45, 7) is 0.438. The maximum absolute atomic E-state index is 11.8. The van der Waals surface area contributed by atoms with Gasteiger partial charge in [-0.15, -0.1) is 0 Å². The third-order valence-electron chi connectivity index (χ3n) is 1.12. The van der Waals surface area contributed by atoms with Crippen LogP contribution in [-0.4, -0.2) is 31.1 Å². The Morgan fingerprint density at radius 1 is 1.07 bits per heavy atom. The van der Waals surface area contributed by atoms with Gasteiger partial charge in [0.2, 0.25) is 6.10 Å². The van der Waals surface area contributed by atoms with Crippen molar-refractivity contribution in [2.24, 2.45) is 5.73 Å². The third-order valence-corrected chi connectivity index (χ3v) is 1.12. The maximum atomic E-state index is 11.8. The van der Waals surface area contributed by atoms with E-state index < -0.39 is 31.1 Å². The molecule has 0 spiro atoms. The molecule has 14 heavy (non-hydrogen) atoms. The van der Waals surface area contributed by atoms with E-state index in [1.165, 1.54) is 6.92 Å². The highest BCUT2D eigenvalue weighted by Gasteiger charge is 2.57. The molecule has 0 heterocycles. The van der Waals surface area contributed by atoms with E-state index in [0.717, 1.165) is 0 Å². The highest BCUT2D eigenvalue weighted by atomic mass is 19.4. The van der Waals surface area contributed by atoms with Crippen molar-refractivity contribution in [2.45, 2.75) is 31.4 Å². The smallest absolute Gasteiger partial charge is 0.359 e. The standard InChI is InChI=1S/C6H9F6NO/c1-3(13)2-14-4(5(7,8)9)6(10,11)12/h3-4H,2,13H2,1H3/t3-/m0/s1. The van der Waals surface area contributed by atoms with Crippen LogP contribution < -0.4 is 5.73 Å². The van der Waals surface area contributed by atoms with Crippen molar-refractivity contribution < 1.29 is 31.1 Å². The lowest BCUT2D eigenvalue weighted by molar-refractivity contribution is -0.322. The second-order valence-corrected chi connectivity index (χ2v) is 2.77. The average Bonchev–Trinajstić information content (AvgIpc) is 1.78. The molecule has 2 nitrogen and oxygen atoms in total. The van der Waals surface area contributed by atoms with Crippen LogP contribution >= 0.6 is 0 Å². The Balaban J connectivity index is 4.44. The van der Waals surface area contributed by atoms with Gasteiger partial charge < -0.3 is 10.5 Å². The molecule has 2 N–H and O–H groups in total. The first-order valence-electron chi connectivity index (χ1n) is 3.55. The van der Waals surface area contributed by atoms with Crippen LogP contribution in [0.5, 0.6) is 0 Å². The number of hydrogen-bond acceptors (Lipinski definition) is 2. The Morgan fingerprint density at radius 2 is 1.43 bits per heavy atom. The van der Waals surface area contributed by atoms with Gasteiger partial charge in [0.25, 0.3) is 0 Å². The summed E-state index contributed by atoms with van der Waals surface area (Å²) in [5, 5.41) is 0. The summed E-state index contributed by atoms with van der Waals surface area (Å²) >= 11 is 0. The fraction of sp³-hybridized carbons (Fsp3) is 1.00. The lowest BCUT2D eigenvalue weighted by atomic mass is 10.3. The third kappa shape index (κ3) is 4.66. The van der Waals surface area contributed by atoms with E-state index in [-0.39, 0.29) is 0 Å². The van der Waals surface area contributed by atoms with Crippen LogP contribution in [0.1, 0.15) is 6.92 Å². The van der Waals surface area contributed by atoms with Crippen LogP contribution in [0, 0.1) is 0 Å². The first-order valence-corrected chi connectivity index (χ1v) is 3.55. The van der Waals surface area contributed by atoms with E-state index in [0.29, 0.717) is 0 Å². The topological polar surface area (TPSA) is 35.2 Å². The molecule has 0 bridgehead atoms. The van der Waals surface area contributed by atoms with Gasteiger partial charge in [-0.25, -0.2) is 0 Å². The molecule has 0 aromatic heterocycles. The maximum Gasteiger partial charge on any atom is 0.423 e. The van der Waals surface area contributed by atoms with Crippen LogP contribution in [0.25, 0.3) is 0 Å². The summed E-state index contributed by atoms with van der Waals surface area (Å²) in [6.07, 6.45) is -14.7. The molecule has 0 aliphatic carbocycles. The monoisotopic (exact) mass is 225 g/mol. The molecule has 0 fully saturated rings. The highest BCUT2D eigenvalue weighted by molar-refractivity contribution is 4.76. The largest absolute Gasteiger partial charge is 0.423 e. The van der Waals surface area contributed by atoms with Gasteiger partial charge in [0.1, 0.15) is 0 Å². The number of halogens is 6. The van der Waals surface area contributed by atoms with Crippen molar-refractivity contribution in [2.75, 3.05) is 6.61 Å². The van der Waals surface area contributed by atoms with Crippen molar-refractivity contribution in [1.29, 1.82) is 0 Å². The van der Waals surface area contributed by atoms with Gasteiger partial charge in [0, 0.05) is 6.04 Å². The Hall–Kier alpha value is -0.500. The van der Waals surface area contributed by atoms with Gasteiger partial charge in [0.15, 0.2) is 0 Å². The fourth-order valence-corrected chi connectivity index (χ4v) is 0.623. The summed E-state index contributed by atoms with van der Waals surface area (Å²) in [7, 11) is 0. The van der Waals surface area contributed by atoms with Crippen LogP contribution in [0.3, 0.4) is 0 Å². The molecule has 0 aliphatic rings. The predicted molar refractivity (Wildman–Crippen MR) is 35.5 cm³/mol. The first-order chi connectivity index (χ1) is 6.05. The van der Waals surface area contributed by atoms with E-state index in [2.05, 4.69) is 4.74 Å². The molecule has 0 rings (SSSR count). The van der Waals surface area contributed by atoms with Gasteiger partial charge in [-0.05, 0) is 6.92 Å². The quantitative estimate of drug-likeness (QED) is 0.744. The molecular formula is C6H9F6NO. The van der Waals surface area contributed by atoms with Crippen molar-refractivity contribution in [3.63, 3.8) is 0 Å². The predicted octanol–water partition coefficient (Wildman–Crippen LogP) is 1.84. The number of hydrogen-bond donors (Lipinski definition) is 1. The summed E-state index contributed by atoms with van der Waals surface area (Å²) in [4.78, 5) is 0. The minimum atomic E-state index is -5.47. The molecule has 0 amide bonds. The van der Waals surface area contributed by atoms with E-state index in [1.54, 1.807) is 0 Å². The van der Waals surface area contributed by atoms with Crippen molar-refractivity contribution in [3.05, 3.63) is 0 Å². The van der Waals surface area contributed by atoms with Gasteiger partial charge >= 0.3 is 12.4 Å². The van der Waals surface area contributed by atoms with Crippen LogP contribution in [-0.2, 0) is 4.74 Å². The van der Waals surface area contributed by atoms with Gasteiger partial charge in [0.05, 0.1) is 6.61 Å². The van der Waals surface area contributed by atoms with Crippen molar-refractivity contribution in [3.8, 4) is 0 Å². The molecule has 0 saturated heterocycles. The first kappa shape index (κ1) is 13.5. The normalized spacial score (nSPS) is 16.1. The van der Waals surface area contributed by atoms with Gasteiger partial charge in [-0.2, -0.15) is 26.3 Å². The summed E-state index contributed by atoms with van der Waals surface area (Å²) < 4.78 is 74.3. The summed E-state index contributed by atoms with van der Waals surface area (Å²) in [5.41, 5.74) is 4.97. The minimum absolute atomic E-state index is 0.802. The molecule has 0 saturated carbocycles. The Bertz CT molecular complexity index is 160. The molecule has 0 radical (unpaired) electrons. The number of rotatable bonds is 3. The molecule has 0 aromatic carbocycles. The minimum Gasteiger partial charge on any atom is -0.359 e. The number of alkyl halides is 6. The summed E-state index contributed by atoms with van der Waals surface area (Å²) in [6, 6.07) is -0.887. The fourth-order valence-electron chi connectivity index (χ4n) is 0.623. The SMILES string of the molecule is C[C@H](N)COC(C(F)(F)F)C(F)(F)F. The van der Waals surface area contributed by atoms with E-state index in [1.807, 2.05) is 0 Å². The Labute approximate surface area is 76.0 Å².